The van der Waals surface area contributed by atoms with Crippen molar-refractivity contribution in [2.24, 2.45) is 5.16 Å². The van der Waals surface area contributed by atoms with Crippen molar-refractivity contribution in [2.75, 3.05) is 0 Å². The van der Waals surface area contributed by atoms with Crippen LogP contribution in [0.5, 0.6) is 0 Å². The van der Waals surface area contributed by atoms with E-state index in [9.17, 15) is 14.7 Å². The van der Waals surface area contributed by atoms with Crippen molar-refractivity contribution in [3.8, 4) is 0 Å². The Morgan fingerprint density at radius 2 is 1.89 bits per heavy atom. The third kappa shape index (κ3) is 2.81. The SMILES string of the molecule is O=CC(=NOC1(C(=O)O)CCCC1)c1ccccc1. The topological polar surface area (TPSA) is 76.0 Å². The highest BCUT2D eigenvalue weighted by Crippen LogP contribution is 2.33. The molecule has 5 heteroatoms. The van der Waals surface area contributed by atoms with Gasteiger partial charge in [-0.25, -0.2) is 4.79 Å². The highest BCUT2D eigenvalue weighted by atomic mass is 16.7. The number of aldehydes is 1. The molecule has 2 rings (SSSR count). The average molecular weight is 261 g/mol. The van der Waals surface area contributed by atoms with E-state index in [4.69, 9.17) is 4.84 Å². The Bertz CT molecular complexity index is 489. The van der Waals surface area contributed by atoms with Crippen LogP contribution in [0.2, 0.25) is 0 Å². The van der Waals surface area contributed by atoms with Crippen LogP contribution in [-0.2, 0) is 14.4 Å². The molecule has 100 valence electrons. The number of rotatable bonds is 5. The van der Waals surface area contributed by atoms with Gasteiger partial charge in [0.25, 0.3) is 0 Å². The summed E-state index contributed by atoms with van der Waals surface area (Å²) in [6.07, 6.45) is 3.01. The molecule has 0 aliphatic heterocycles. The Kier molecular flexibility index (Phi) is 3.94. The maximum Gasteiger partial charge on any atom is 0.350 e. The predicted octanol–water partition coefficient (Wildman–Crippen LogP) is 2.00. The van der Waals surface area contributed by atoms with Gasteiger partial charge in [-0.1, -0.05) is 35.5 Å². The summed E-state index contributed by atoms with van der Waals surface area (Å²) in [5.74, 6) is -1.02. The summed E-state index contributed by atoms with van der Waals surface area (Å²) in [4.78, 5) is 27.5. The van der Waals surface area contributed by atoms with Crippen LogP contribution in [0.3, 0.4) is 0 Å². The molecular weight excluding hydrogens is 246 g/mol. The van der Waals surface area contributed by atoms with Crippen LogP contribution in [0.1, 0.15) is 31.2 Å². The zero-order chi connectivity index (χ0) is 13.7. The Balaban J connectivity index is 2.20. The molecule has 0 bridgehead atoms. The number of carboxylic acids is 1. The van der Waals surface area contributed by atoms with Gasteiger partial charge >= 0.3 is 5.97 Å². The molecule has 0 amide bonds. The van der Waals surface area contributed by atoms with Gasteiger partial charge in [-0.15, -0.1) is 0 Å². The maximum atomic E-state index is 11.3. The van der Waals surface area contributed by atoms with Crippen molar-refractivity contribution in [1.29, 1.82) is 0 Å². The summed E-state index contributed by atoms with van der Waals surface area (Å²) in [7, 11) is 0. The lowest BCUT2D eigenvalue weighted by molar-refractivity contribution is -0.165. The summed E-state index contributed by atoms with van der Waals surface area (Å²) >= 11 is 0. The predicted molar refractivity (Wildman–Crippen MR) is 69.0 cm³/mol. The second-order valence-electron chi connectivity index (χ2n) is 4.56. The third-order valence-electron chi connectivity index (χ3n) is 3.30. The quantitative estimate of drug-likeness (QED) is 0.499. The van der Waals surface area contributed by atoms with Crippen molar-refractivity contribution in [3.63, 3.8) is 0 Å². The molecule has 0 unspecified atom stereocenters. The van der Waals surface area contributed by atoms with Crippen molar-refractivity contribution < 1.29 is 19.5 Å². The molecule has 0 heterocycles. The first-order valence-electron chi connectivity index (χ1n) is 6.18. The van der Waals surface area contributed by atoms with Crippen LogP contribution in [0, 0.1) is 0 Å². The zero-order valence-electron chi connectivity index (χ0n) is 10.4. The smallest absolute Gasteiger partial charge is 0.350 e. The summed E-state index contributed by atoms with van der Waals surface area (Å²) in [5.41, 5.74) is -0.563. The summed E-state index contributed by atoms with van der Waals surface area (Å²) in [5, 5.41) is 13.0. The van der Waals surface area contributed by atoms with E-state index in [2.05, 4.69) is 5.16 Å². The summed E-state index contributed by atoms with van der Waals surface area (Å²) < 4.78 is 0. The molecule has 0 aromatic heterocycles. The Hall–Kier alpha value is -2.17. The summed E-state index contributed by atoms with van der Waals surface area (Å²) in [6.45, 7) is 0. The summed E-state index contributed by atoms with van der Waals surface area (Å²) in [6, 6.07) is 8.81. The molecular formula is C14H15NO4. The molecule has 0 radical (unpaired) electrons. The first kappa shape index (κ1) is 13.3. The van der Waals surface area contributed by atoms with E-state index >= 15 is 0 Å². The number of carbonyl (C=O) groups is 2. The molecule has 0 saturated heterocycles. The molecule has 1 aromatic rings. The van der Waals surface area contributed by atoms with Crippen LogP contribution in [-0.4, -0.2) is 28.7 Å². The molecule has 5 nitrogen and oxygen atoms in total. The molecule has 19 heavy (non-hydrogen) atoms. The lowest BCUT2D eigenvalue weighted by Gasteiger charge is -2.21. The monoisotopic (exact) mass is 261 g/mol. The Morgan fingerprint density at radius 1 is 1.26 bits per heavy atom. The molecule has 1 N–H and O–H groups in total. The molecule has 0 spiro atoms. The fourth-order valence-corrected chi connectivity index (χ4v) is 2.18. The van der Waals surface area contributed by atoms with E-state index in [1.807, 2.05) is 6.07 Å². The van der Waals surface area contributed by atoms with E-state index in [-0.39, 0.29) is 5.71 Å². The van der Waals surface area contributed by atoms with Gasteiger partial charge in [-0.3, -0.25) is 4.79 Å². The number of nitrogens with zero attached hydrogens (tertiary/aromatic N) is 1. The minimum Gasteiger partial charge on any atom is -0.478 e. The minimum atomic E-state index is -1.27. The lowest BCUT2D eigenvalue weighted by atomic mass is 10.0. The zero-order valence-corrected chi connectivity index (χ0v) is 10.4. The molecule has 0 atom stereocenters. The van der Waals surface area contributed by atoms with Crippen LogP contribution in [0.15, 0.2) is 35.5 Å². The van der Waals surface area contributed by atoms with Crippen LogP contribution in [0.4, 0.5) is 0 Å². The van der Waals surface area contributed by atoms with Gasteiger partial charge in [0.15, 0.2) is 6.29 Å². The van der Waals surface area contributed by atoms with Crippen LogP contribution in [0.25, 0.3) is 0 Å². The van der Waals surface area contributed by atoms with E-state index in [0.717, 1.165) is 12.8 Å². The highest BCUT2D eigenvalue weighted by Gasteiger charge is 2.44. The van der Waals surface area contributed by atoms with Crippen LogP contribution < -0.4 is 0 Å². The number of oxime groups is 1. The van der Waals surface area contributed by atoms with Gasteiger partial charge in [-0.05, 0) is 12.8 Å². The van der Waals surface area contributed by atoms with E-state index in [1.54, 1.807) is 24.3 Å². The molecule has 1 aliphatic rings. The second kappa shape index (κ2) is 5.65. The van der Waals surface area contributed by atoms with E-state index in [1.165, 1.54) is 0 Å². The number of hydrogen-bond acceptors (Lipinski definition) is 4. The number of aliphatic carboxylic acids is 1. The normalized spacial score (nSPS) is 18.0. The minimum absolute atomic E-state index is 0.105. The second-order valence-corrected chi connectivity index (χ2v) is 4.56. The van der Waals surface area contributed by atoms with Gasteiger partial charge in [0.2, 0.25) is 5.60 Å². The number of benzene rings is 1. The van der Waals surface area contributed by atoms with E-state index in [0.29, 0.717) is 24.7 Å². The average Bonchev–Trinajstić information content (AvgIpc) is 2.91. The van der Waals surface area contributed by atoms with Gasteiger partial charge < -0.3 is 9.94 Å². The number of hydrogen-bond donors (Lipinski definition) is 1. The van der Waals surface area contributed by atoms with Crippen LogP contribution >= 0.6 is 0 Å². The fourth-order valence-electron chi connectivity index (χ4n) is 2.18. The lowest BCUT2D eigenvalue weighted by Crippen LogP contribution is -2.37. The van der Waals surface area contributed by atoms with Gasteiger partial charge in [0, 0.05) is 18.4 Å². The first-order valence-corrected chi connectivity index (χ1v) is 6.18. The standard InChI is InChI=1S/C14H15NO4/c16-10-12(11-6-2-1-3-7-11)15-19-14(13(17)18)8-4-5-9-14/h1-3,6-7,10H,4-5,8-9H2,(H,17,18). The first-order chi connectivity index (χ1) is 9.18. The van der Waals surface area contributed by atoms with E-state index < -0.39 is 11.6 Å². The largest absolute Gasteiger partial charge is 0.478 e. The van der Waals surface area contributed by atoms with Crippen molar-refractivity contribution in [3.05, 3.63) is 35.9 Å². The molecule has 1 saturated carbocycles. The van der Waals surface area contributed by atoms with Gasteiger partial charge in [0.05, 0.1) is 0 Å². The van der Waals surface area contributed by atoms with Crippen molar-refractivity contribution in [2.45, 2.75) is 31.3 Å². The fraction of sp³-hybridized carbons (Fsp3) is 0.357. The molecule has 1 aromatic carbocycles. The highest BCUT2D eigenvalue weighted by molar-refractivity contribution is 6.36. The molecule has 1 fully saturated rings. The van der Waals surface area contributed by atoms with Gasteiger partial charge in [-0.2, -0.15) is 0 Å². The Morgan fingerprint density at radius 3 is 2.42 bits per heavy atom. The third-order valence-corrected chi connectivity index (χ3v) is 3.30. The maximum absolute atomic E-state index is 11.3. The number of carboxylic acid groups (broad SMARTS) is 1. The van der Waals surface area contributed by atoms with Crippen molar-refractivity contribution >= 4 is 18.0 Å². The Labute approximate surface area is 110 Å². The number of carbonyl (C=O) groups excluding carboxylic acids is 1. The van der Waals surface area contributed by atoms with Gasteiger partial charge in [0.1, 0.15) is 5.71 Å². The van der Waals surface area contributed by atoms with Crippen molar-refractivity contribution in [1.82, 2.24) is 0 Å². The molecule has 1 aliphatic carbocycles.